The van der Waals surface area contributed by atoms with Crippen molar-refractivity contribution in [2.75, 3.05) is 16.8 Å². The van der Waals surface area contributed by atoms with Crippen LogP contribution in [0.15, 0.2) is 30.3 Å². The highest BCUT2D eigenvalue weighted by Crippen LogP contribution is 2.26. The number of aryl methyl sites for hydroxylation is 5. The molecule has 4 heteroatoms. The van der Waals surface area contributed by atoms with E-state index >= 15 is 0 Å². The topological polar surface area (TPSA) is 49.4 Å². The first-order chi connectivity index (χ1) is 11.7. The van der Waals surface area contributed by atoms with E-state index in [0.29, 0.717) is 0 Å². The van der Waals surface area contributed by atoms with Gasteiger partial charge in [0.25, 0.3) is 0 Å². The zero-order chi connectivity index (χ0) is 18.7. The van der Waals surface area contributed by atoms with Gasteiger partial charge in [0.1, 0.15) is 6.54 Å². The Hall–Kier alpha value is -2.62. The summed E-state index contributed by atoms with van der Waals surface area (Å²) in [6.07, 6.45) is 0. The third-order valence-corrected chi connectivity index (χ3v) is 4.38. The van der Waals surface area contributed by atoms with E-state index in [2.05, 4.69) is 5.32 Å². The number of anilines is 2. The number of benzene rings is 2. The highest BCUT2D eigenvalue weighted by molar-refractivity contribution is 6.02. The largest absolute Gasteiger partial charge is 0.325 e. The number of carbonyl (C=O) groups is 2. The monoisotopic (exact) mass is 338 g/mol. The quantitative estimate of drug-likeness (QED) is 0.907. The van der Waals surface area contributed by atoms with E-state index in [1.807, 2.05) is 65.0 Å². The van der Waals surface area contributed by atoms with Gasteiger partial charge in [-0.05, 0) is 69.0 Å². The van der Waals surface area contributed by atoms with Gasteiger partial charge >= 0.3 is 0 Å². The van der Waals surface area contributed by atoms with E-state index in [4.69, 9.17) is 0 Å². The van der Waals surface area contributed by atoms with Crippen LogP contribution in [0.5, 0.6) is 0 Å². The summed E-state index contributed by atoms with van der Waals surface area (Å²) < 4.78 is 0. The van der Waals surface area contributed by atoms with Crippen LogP contribution < -0.4 is 10.2 Å². The molecule has 132 valence electrons. The third-order valence-electron chi connectivity index (χ3n) is 4.38. The highest BCUT2D eigenvalue weighted by Gasteiger charge is 2.20. The number of hydrogen-bond acceptors (Lipinski definition) is 2. The van der Waals surface area contributed by atoms with Crippen LogP contribution in [0.1, 0.15) is 34.7 Å². The van der Waals surface area contributed by atoms with E-state index < -0.39 is 0 Å². The lowest BCUT2D eigenvalue weighted by molar-refractivity contribution is -0.120. The molecule has 0 aliphatic carbocycles. The van der Waals surface area contributed by atoms with Gasteiger partial charge in [0.2, 0.25) is 11.8 Å². The lowest BCUT2D eigenvalue weighted by Gasteiger charge is -2.25. The van der Waals surface area contributed by atoms with Crippen LogP contribution in [0.4, 0.5) is 11.4 Å². The molecule has 2 rings (SSSR count). The van der Waals surface area contributed by atoms with Crippen molar-refractivity contribution in [2.45, 2.75) is 41.5 Å². The van der Waals surface area contributed by atoms with Gasteiger partial charge in [0.05, 0.1) is 5.69 Å². The fourth-order valence-electron chi connectivity index (χ4n) is 3.11. The van der Waals surface area contributed by atoms with Crippen molar-refractivity contribution in [1.29, 1.82) is 0 Å². The molecule has 0 fully saturated rings. The average Bonchev–Trinajstić information content (AvgIpc) is 2.48. The third kappa shape index (κ3) is 4.47. The van der Waals surface area contributed by atoms with E-state index in [9.17, 15) is 9.59 Å². The second kappa shape index (κ2) is 7.51. The number of amides is 2. The summed E-state index contributed by atoms with van der Waals surface area (Å²) >= 11 is 0. The van der Waals surface area contributed by atoms with Crippen LogP contribution in [0.3, 0.4) is 0 Å². The Kier molecular flexibility index (Phi) is 5.62. The molecule has 4 nitrogen and oxygen atoms in total. The minimum atomic E-state index is -0.210. The first-order valence-electron chi connectivity index (χ1n) is 8.42. The molecule has 0 saturated heterocycles. The Balaban J connectivity index is 2.23. The molecular formula is C21H26N2O2. The smallest absolute Gasteiger partial charge is 0.244 e. The molecule has 1 N–H and O–H groups in total. The molecule has 2 amide bonds. The highest BCUT2D eigenvalue weighted by atomic mass is 16.2. The summed E-state index contributed by atoms with van der Waals surface area (Å²) in [5, 5.41) is 2.88. The maximum absolute atomic E-state index is 12.5. The molecule has 0 saturated carbocycles. The number of nitrogens with zero attached hydrogens (tertiary/aromatic N) is 1. The van der Waals surface area contributed by atoms with Gasteiger partial charge in [-0.1, -0.05) is 23.8 Å². The van der Waals surface area contributed by atoms with Crippen molar-refractivity contribution in [2.24, 2.45) is 0 Å². The second-order valence-corrected chi connectivity index (χ2v) is 6.70. The van der Waals surface area contributed by atoms with Crippen molar-refractivity contribution in [3.63, 3.8) is 0 Å². The molecule has 2 aromatic carbocycles. The molecule has 0 heterocycles. The maximum atomic E-state index is 12.5. The van der Waals surface area contributed by atoms with Gasteiger partial charge in [0, 0.05) is 12.6 Å². The molecule has 0 aromatic heterocycles. The van der Waals surface area contributed by atoms with E-state index in [0.717, 1.165) is 33.6 Å². The van der Waals surface area contributed by atoms with Crippen LogP contribution in [-0.4, -0.2) is 18.4 Å². The van der Waals surface area contributed by atoms with Crippen LogP contribution >= 0.6 is 0 Å². The van der Waals surface area contributed by atoms with Gasteiger partial charge in [0.15, 0.2) is 0 Å². The molecule has 0 aliphatic heterocycles. The van der Waals surface area contributed by atoms with Crippen LogP contribution in [0, 0.1) is 34.6 Å². The van der Waals surface area contributed by atoms with Crippen molar-refractivity contribution in [3.05, 3.63) is 58.1 Å². The average molecular weight is 338 g/mol. The molecule has 0 atom stereocenters. The summed E-state index contributed by atoms with van der Waals surface area (Å²) in [6.45, 7) is 11.5. The predicted molar refractivity (Wildman–Crippen MR) is 103 cm³/mol. The fourth-order valence-corrected chi connectivity index (χ4v) is 3.11. The zero-order valence-electron chi connectivity index (χ0n) is 15.9. The van der Waals surface area contributed by atoms with Crippen molar-refractivity contribution >= 4 is 23.2 Å². The van der Waals surface area contributed by atoms with Crippen molar-refractivity contribution in [1.82, 2.24) is 0 Å². The molecule has 25 heavy (non-hydrogen) atoms. The Morgan fingerprint density at radius 2 is 1.48 bits per heavy atom. The summed E-state index contributed by atoms with van der Waals surface area (Å²) in [5.74, 6) is -0.358. The maximum Gasteiger partial charge on any atom is 0.244 e. The Morgan fingerprint density at radius 3 is 2.00 bits per heavy atom. The Labute approximate surface area is 149 Å². The SMILES string of the molecule is CC(=O)N(CC(=O)Nc1ccc(C)c(C)c1)c1c(C)cc(C)cc1C. The standard InChI is InChI=1S/C21H26N2O2/c1-13-9-16(4)21(17(5)10-13)23(18(6)24)12-20(25)22-19-8-7-14(2)15(3)11-19/h7-11H,12H2,1-6H3,(H,22,25). The Morgan fingerprint density at radius 1 is 0.880 bits per heavy atom. The van der Waals surface area contributed by atoms with Crippen molar-refractivity contribution < 1.29 is 9.59 Å². The molecule has 0 bridgehead atoms. The lowest BCUT2D eigenvalue weighted by atomic mass is 10.0. The summed E-state index contributed by atoms with van der Waals surface area (Å²) in [5.41, 5.74) is 6.98. The van der Waals surface area contributed by atoms with Crippen LogP contribution in [-0.2, 0) is 9.59 Å². The summed E-state index contributed by atoms with van der Waals surface area (Å²) in [6, 6.07) is 9.84. The second-order valence-electron chi connectivity index (χ2n) is 6.70. The molecule has 0 spiro atoms. The summed E-state index contributed by atoms with van der Waals surface area (Å²) in [7, 11) is 0. The predicted octanol–water partition coefficient (Wildman–Crippen LogP) is 4.22. The normalized spacial score (nSPS) is 10.5. The first-order valence-corrected chi connectivity index (χ1v) is 8.42. The van der Waals surface area contributed by atoms with Gasteiger partial charge in [-0.25, -0.2) is 0 Å². The molecule has 2 aromatic rings. The van der Waals surface area contributed by atoms with Crippen LogP contribution in [0.25, 0.3) is 0 Å². The first kappa shape index (κ1) is 18.7. The number of nitrogens with one attached hydrogen (secondary N) is 1. The van der Waals surface area contributed by atoms with Gasteiger partial charge in [-0.15, -0.1) is 0 Å². The fraction of sp³-hybridized carbons (Fsp3) is 0.333. The number of hydrogen-bond donors (Lipinski definition) is 1. The molecular weight excluding hydrogens is 312 g/mol. The van der Waals surface area contributed by atoms with Crippen LogP contribution in [0.2, 0.25) is 0 Å². The minimum Gasteiger partial charge on any atom is -0.325 e. The van der Waals surface area contributed by atoms with Gasteiger partial charge in [-0.2, -0.15) is 0 Å². The Bertz CT molecular complexity index is 802. The lowest BCUT2D eigenvalue weighted by Crippen LogP contribution is -2.37. The minimum absolute atomic E-state index is 0.00695. The van der Waals surface area contributed by atoms with Gasteiger partial charge in [-0.3, -0.25) is 9.59 Å². The number of rotatable bonds is 4. The van der Waals surface area contributed by atoms with E-state index in [-0.39, 0.29) is 18.4 Å². The number of carbonyl (C=O) groups excluding carboxylic acids is 2. The van der Waals surface area contributed by atoms with E-state index in [1.54, 1.807) is 4.90 Å². The van der Waals surface area contributed by atoms with E-state index in [1.165, 1.54) is 12.5 Å². The van der Waals surface area contributed by atoms with Gasteiger partial charge < -0.3 is 10.2 Å². The summed E-state index contributed by atoms with van der Waals surface area (Å²) in [4.78, 5) is 26.2. The molecule has 0 radical (unpaired) electrons. The van der Waals surface area contributed by atoms with Crippen molar-refractivity contribution in [3.8, 4) is 0 Å². The zero-order valence-corrected chi connectivity index (χ0v) is 15.9. The molecule has 0 unspecified atom stereocenters. The molecule has 0 aliphatic rings.